The number of aromatic nitrogens is 1. The first kappa shape index (κ1) is 24.7. The van der Waals surface area contributed by atoms with E-state index in [-0.39, 0.29) is 0 Å². The second-order valence-electron chi connectivity index (χ2n) is 8.81. The number of nitrogens with zero attached hydrogens (tertiary/aromatic N) is 1. The van der Waals surface area contributed by atoms with Gasteiger partial charge < -0.3 is 14.4 Å². The molecule has 0 bridgehead atoms. The molecular weight excluding hydrogens is 490 g/mol. The Hall–Kier alpha value is -2.38. The number of carboxylic acids is 1. The third-order valence-corrected chi connectivity index (χ3v) is 7.66. The summed E-state index contributed by atoms with van der Waals surface area (Å²) >= 11 is 12.9. The van der Waals surface area contributed by atoms with Crippen LogP contribution >= 0.6 is 23.2 Å². The number of alkyl halides is 5. The van der Waals surface area contributed by atoms with E-state index in [4.69, 9.17) is 27.9 Å². The number of benzene rings is 2. The van der Waals surface area contributed by atoms with Crippen molar-refractivity contribution >= 4 is 40.1 Å². The maximum Gasteiger partial charge on any atom is 0.416 e. The van der Waals surface area contributed by atoms with Crippen molar-refractivity contribution in [3.63, 3.8) is 0 Å². The fourth-order valence-corrected chi connectivity index (χ4v) is 5.56. The zero-order valence-corrected chi connectivity index (χ0v) is 20.3. The minimum atomic E-state index is -4.43. The molecule has 0 amide bonds. The van der Waals surface area contributed by atoms with Crippen molar-refractivity contribution in [2.45, 2.75) is 49.7 Å². The predicted molar refractivity (Wildman–Crippen MR) is 127 cm³/mol. The van der Waals surface area contributed by atoms with Crippen LogP contribution in [0.4, 0.5) is 13.2 Å². The molecule has 1 aromatic heterocycles. The highest BCUT2D eigenvalue weighted by Gasteiger charge is 2.43. The SMILES string of the molecule is Cc1c(OC2C(Cl)CCC(C(=O)O)C2Cl)cccc1-c1cc2c(C)cc(C(F)(F)F)cc2n1C. The van der Waals surface area contributed by atoms with Gasteiger partial charge in [0.1, 0.15) is 11.9 Å². The van der Waals surface area contributed by atoms with Gasteiger partial charge in [-0.25, -0.2) is 0 Å². The molecule has 4 unspecified atom stereocenters. The van der Waals surface area contributed by atoms with Crippen LogP contribution in [-0.4, -0.2) is 32.5 Å². The van der Waals surface area contributed by atoms with E-state index in [0.29, 0.717) is 29.7 Å². The second-order valence-corrected chi connectivity index (χ2v) is 9.87. The zero-order chi connectivity index (χ0) is 24.9. The number of ether oxygens (including phenoxy) is 1. The Morgan fingerprint density at radius 1 is 1.15 bits per heavy atom. The van der Waals surface area contributed by atoms with Crippen LogP contribution in [0, 0.1) is 19.8 Å². The van der Waals surface area contributed by atoms with E-state index in [0.717, 1.165) is 34.3 Å². The predicted octanol–water partition coefficient (Wildman–Crippen LogP) is 6.94. The van der Waals surface area contributed by atoms with Gasteiger partial charge in [-0.2, -0.15) is 13.2 Å². The highest BCUT2D eigenvalue weighted by Crippen LogP contribution is 2.40. The van der Waals surface area contributed by atoms with E-state index in [1.54, 1.807) is 30.7 Å². The lowest BCUT2D eigenvalue weighted by Crippen LogP contribution is -2.47. The average Bonchev–Trinajstić information content (AvgIpc) is 3.08. The normalized spacial score (nSPS) is 23.3. The highest BCUT2D eigenvalue weighted by atomic mass is 35.5. The summed E-state index contributed by atoms with van der Waals surface area (Å²) in [7, 11) is 1.73. The molecule has 3 aromatic rings. The van der Waals surface area contributed by atoms with Gasteiger partial charge in [-0.1, -0.05) is 12.1 Å². The maximum absolute atomic E-state index is 13.4. The number of carboxylic acid groups (broad SMARTS) is 1. The van der Waals surface area contributed by atoms with Gasteiger partial charge in [0.15, 0.2) is 0 Å². The third kappa shape index (κ3) is 4.36. The van der Waals surface area contributed by atoms with Crippen molar-refractivity contribution < 1.29 is 27.8 Å². The number of hydrogen-bond donors (Lipinski definition) is 1. The van der Waals surface area contributed by atoms with Crippen molar-refractivity contribution in [2.75, 3.05) is 0 Å². The lowest BCUT2D eigenvalue weighted by atomic mass is 9.86. The summed E-state index contributed by atoms with van der Waals surface area (Å²) in [6.07, 6.45) is -4.28. The van der Waals surface area contributed by atoms with Gasteiger partial charge >= 0.3 is 12.1 Å². The van der Waals surface area contributed by atoms with Crippen LogP contribution in [-0.2, 0) is 18.0 Å². The van der Waals surface area contributed by atoms with Gasteiger partial charge in [-0.05, 0) is 56.5 Å². The number of aryl methyl sites for hydroxylation is 2. The van der Waals surface area contributed by atoms with Crippen LogP contribution in [0.3, 0.4) is 0 Å². The Morgan fingerprint density at radius 2 is 1.85 bits per heavy atom. The first-order valence-corrected chi connectivity index (χ1v) is 11.7. The molecule has 4 nitrogen and oxygen atoms in total. The van der Waals surface area contributed by atoms with E-state index in [2.05, 4.69) is 0 Å². The largest absolute Gasteiger partial charge is 0.487 e. The Labute approximate surface area is 205 Å². The molecule has 1 aliphatic rings. The summed E-state index contributed by atoms with van der Waals surface area (Å²) in [6, 6.07) is 9.59. The van der Waals surface area contributed by atoms with Crippen LogP contribution in [0.25, 0.3) is 22.2 Å². The number of fused-ring (bicyclic) bond motifs is 1. The van der Waals surface area contributed by atoms with Crippen LogP contribution in [0.15, 0.2) is 36.4 Å². The first-order valence-electron chi connectivity index (χ1n) is 10.8. The molecule has 182 valence electrons. The molecule has 0 radical (unpaired) electrons. The van der Waals surface area contributed by atoms with E-state index < -0.39 is 40.5 Å². The standard InChI is InChI=1S/C25H24Cl2F3NO3/c1-12-9-14(25(28,29)30)10-19-17(12)11-20(31(19)3)15-5-4-6-21(13(15)2)34-23-18(26)8-7-16(22(23)27)24(32)33/h4-6,9-11,16,18,22-23H,7-8H2,1-3H3,(H,32,33). The molecule has 34 heavy (non-hydrogen) atoms. The minimum absolute atomic E-state index is 0.381. The summed E-state index contributed by atoms with van der Waals surface area (Å²) in [5.41, 5.74) is 2.60. The molecule has 1 heterocycles. The van der Waals surface area contributed by atoms with Crippen molar-refractivity contribution in [3.8, 4) is 17.0 Å². The first-order chi connectivity index (χ1) is 15.9. The Balaban J connectivity index is 1.74. The number of halogens is 5. The number of rotatable bonds is 4. The van der Waals surface area contributed by atoms with Gasteiger partial charge in [0.05, 0.1) is 22.2 Å². The highest BCUT2D eigenvalue weighted by molar-refractivity contribution is 6.25. The summed E-state index contributed by atoms with van der Waals surface area (Å²) in [5, 5.41) is 8.96. The fourth-order valence-electron chi connectivity index (χ4n) is 4.69. The molecule has 4 atom stereocenters. The molecule has 2 aromatic carbocycles. The molecule has 1 aliphatic carbocycles. The summed E-state index contributed by atoms with van der Waals surface area (Å²) in [5.74, 6) is -1.23. The quantitative estimate of drug-likeness (QED) is 0.384. The van der Waals surface area contributed by atoms with Crippen molar-refractivity contribution in [1.82, 2.24) is 4.57 Å². The molecular formula is C25H24Cl2F3NO3. The van der Waals surface area contributed by atoms with Gasteiger partial charge in [0, 0.05) is 34.8 Å². The lowest BCUT2D eigenvalue weighted by Gasteiger charge is -2.36. The van der Waals surface area contributed by atoms with Gasteiger partial charge in [0.25, 0.3) is 0 Å². The van der Waals surface area contributed by atoms with E-state index in [9.17, 15) is 23.1 Å². The van der Waals surface area contributed by atoms with Crippen LogP contribution in [0.2, 0.25) is 0 Å². The average molecular weight is 514 g/mol. The molecule has 0 saturated heterocycles. The molecule has 0 spiro atoms. The van der Waals surface area contributed by atoms with Crippen LogP contribution < -0.4 is 4.74 Å². The smallest absolute Gasteiger partial charge is 0.416 e. The Bertz CT molecular complexity index is 1250. The lowest BCUT2D eigenvalue weighted by molar-refractivity contribution is -0.143. The Morgan fingerprint density at radius 3 is 2.50 bits per heavy atom. The van der Waals surface area contributed by atoms with Crippen molar-refractivity contribution in [1.29, 1.82) is 0 Å². The molecule has 9 heteroatoms. The Kier molecular flexibility index (Phi) is 6.55. The molecule has 4 rings (SSSR count). The molecule has 1 fully saturated rings. The number of carbonyl (C=O) groups is 1. The number of aliphatic carboxylic acids is 1. The van der Waals surface area contributed by atoms with Crippen LogP contribution in [0.1, 0.15) is 29.5 Å². The maximum atomic E-state index is 13.4. The van der Waals surface area contributed by atoms with Gasteiger partial charge in [-0.3, -0.25) is 4.79 Å². The molecule has 0 aliphatic heterocycles. The fraction of sp³-hybridized carbons (Fsp3) is 0.400. The van der Waals surface area contributed by atoms with Crippen LogP contribution in [0.5, 0.6) is 5.75 Å². The third-order valence-electron chi connectivity index (χ3n) is 6.64. The topological polar surface area (TPSA) is 51.5 Å². The van der Waals surface area contributed by atoms with Gasteiger partial charge in [-0.15, -0.1) is 23.2 Å². The summed E-state index contributed by atoms with van der Waals surface area (Å²) < 4.78 is 48.0. The van der Waals surface area contributed by atoms with Crippen molar-refractivity contribution in [3.05, 3.63) is 53.1 Å². The summed E-state index contributed by atoms with van der Waals surface area (Å²) in [6.45, 7) is 3.51. The summed E-state index contributed by atoms with van der Waals surface area (Å²) in [4.78, 5) is 11.6. The minimum Gasteiger partial charge on any atom is -0.487 e. The monoisotopic (exact) mass is 513 g/mol. The van der Waals surface area contributed by atoms with E-state index in [1.165, 1.54) is 0 Å². The van der Waals surface area contributed by atoms with E-state index >= 15 is 0 Å². The number of hydrogen-bond acceptors (Lipinski definition) is 2. The zero-order valence-electron chi connectivity index (χ0n) is 18.8. The van der Waals surface area contributed by atoms with Crippen molar-refractivity contribution in [2.24, 2.45) is 13.0 Å². The second kappa shape index (κ2) is 9.00. The van der Waals surface area contributed by atoms with E-state index in [1.807, 2.05) is 19.1 Å². The molecule has 1 N–H and O–H groups in total. The van der Waals surface area contributed by atoms with Gasteiger partial charge in [0.2, 0.25) is 0 Å². The molecule has 1 saturated carbocycles.